The van der Waals surface area contributed by atoms with Gasteiger partial charge in [0.2, 0.25) is 0 Å². The summed E-state index contributed by atoms with van der Waals surface area (Å²) in [6.45, 7) is 13.0. The lowest BCUT2D eigenvalue weighted by Crippen LogP contribution is -2.31. The van der Waals surface area contributed by atoms with E-state index in [9.17, 15) is 0 Å². The van der Waals surface area contributed by atoms with E-state index in [-0.39, 0.29) is 0 Å². The second-order valence-electron chi connectivity index (χ2n) is 14.6. The van der Waals surface area contributed by atoms with E-state index in [2.05, 4.69) is 203 Å². The Labute approximate surface area is 313 Å². The fourth-order valence-electron chi connectivity index (χ4n) is 9.04. The number of fused-ring (bicyclic) bond motifs is 7. The van der Waals surface area contributed by atoms with Gasteiger partial charge in [0.1, 0.15) is 0 Å². The molecule has 256 valence electrons. The van der Waals surface area contributed by atoms with Crippen LogP contribution in [-0.2, 0) is 5.41 Å². The number of para-hydroxylation sites is 2. The molecule has 53 heavy (non-hydrogen) atoms. The predicted octanol–water partition coefficient (Wildman–Crippen LogP) is 14.1. The topological polar surface area (TPSA) is 4.93 Å². The van der Waals surface area contributed by atoms with Gasteiger partial charge in [-0.15, -0.1) is 0 Å². The van der Waals surface area contributed by atoms with Crippen molar-refractivity contribution in [2.75, 3.05) is 0 Å². The Bertz CT molecular complexity index is 2740. The molecule has 7 aromatic rings. The number of nitrogens with zero attached hydrogens (tertiary/aromatic N) is 1. The molecule has 0 bridgehead atoms. The number of aromatic nitrogens is 1. The molecule has 9 rings (SSSR count). The van der Waals surface area contributed by atoms with E-state index in [1.54, 1.807) is 0 Å². The molecule has 1 heteroatoms. The molecule has 1 atom stereocenters. The standard InChI is InChI=1S/C52H43N/c1-6-9-10-19-39-33-52(45-24-13-14-26-49(45)53-48(17-7-2)40(8-3)44-23-16-25-46(52)51(44)53)47-32-37(28-29-41(39)47)43-30-27-35-18-11-12-22-42(35)50(43)38-21-15-20-36(31-38)34(4)5/h6-34H,3H2,1-2,4-5H3/b9-6-,17-7-,19-10-. The smallest absolute Gasteiger partial charge is 0.0688 e. The van der Waals surface area contributed by atoms with Crippen LogP contribution in [0.2, 0.25) is 0 Å². The highest BCUT2D eigenvalue weighted by Gasteiger charge is 2.47. The Kier molecular flexibility index (Phi) is 7.90. The van der Waals surface area contributed by atoms with Crippen LogP contribution in [0.25, 0.3) is 67.3 Å². The molecule has 0 fully saturated rings. The van der Waals surface area contributed by atoms with Crippen LogP contribution in [0.5, 0.6) is 0 Å². The van der Waals surface area contributed by atoms with Crippen molar-refractivity contribution in [3.05, 3.63) is 203 Å². The fourth-order valence-corrected chi connectivity index (χ4v) is 9.04. The van der Waals surface area contributed by atoms with Gasteiger partial charge < -0.3 is 4.57 Å². The maximum atomic E-state index is 4.30. The number of rotatable bonds is 7. The van der Waals surface area contributed by atoms with Gasteiger partial charge >= 0.3 is 0 Å². The molecule has 0 amide bonds. The Morgan fingerprint density at radius 3 is 2.25 bits per heavy atom. The Hall–Kier alpha value is -6.18. The maximum Gasteiger partial charge on any atom is 0.0688 e. The molecule has 2 heterocycles. The molecular formula is C52H43N. The summed E-state index contributed by atoms with van der Waals surface area (Å²) in [6.07, 6.45) is 17.6. The first-order valence-corrected chi connectivity index (χ1v) is 18.8. The van der Waals surface area contributed by atoms with E-state index in [4.69, 9.17) is 0 Å². The van der Waals surface area contributed by atoms with Crippen molar-refractivity contribution in [2.45, 2.75) is 39.0 Å². The highest BCUT2D eigenvalue weighted by molar-refractivity contribution is 6.06. The first-order chi connectivity index (χ1) is 26.0. The van der Waals surface area contributed by atoms with Gasteiger partial charge in [-0.3, -0.25) is 0 Å². The second-order valence-corrected chi connectivity index (χ2v) is 14.6. The quantitative estimate of drug-likeness (QED) is 0.148. The third kappa shape index (κ3) is 4.84. The van der Waals surface area contributed by atoms with E-state index < -0.39 is 5.41 Å². The molecular weight excluding hydrogens is 639 g/mol. The minimum Gasteiger partial charge on any atom is -0.309 e. The van der Waals surface area contributed by atoms with E-state index >= 15 is 0 Å². The second kappa shape index (κ2) is 12.8. The van der Waals surface area contributed by atoms with Crippen molar-refractivity contribution in [1.29, 1.82) is 0 Å². The van der Waals surface area contributed by atoms with Crippen LogP contribution >= 0.6 is 0 Å². The predicted molar refractivity (Wildman–Crippen MR) is 229 cm³/mol. The summed E-state index contributed by atoms with van der Waals surface area (Å²) in [5.41, 5.74) is 17.0. The highest BCUT2D eigenvalue weighted by Crippen LogP contribution is 2.57. The number of benzene rings is 6. The lowest BCUT2D eigenvalue weighted by Gasteiger charge is -2.38. The van der Waals surface area contributed by atoms with Crippen LogP contribution < -0.4 is 0 Å². The maximum absolute atomic E-state index is 4.30. The largest absolute Gasteiger partial charge is 0.309 e. The van der Waals surface area contributed by atoms with Gasteiger partial charge in [0.25, 0.3) is 0 Å². The molecule has 0 saturated carbocycles. The van der Waals surface area contributed by atoms with Crippen molar-refractivity contribution < 1.29 is 0 Å². The minimum atomic E-state index is -0.508. The van der Waals surface area contributed by atoms with Crippen LogP contribution in [0.3, 0.4) is 0 Å². The van der Waals surface area contributed by atoms with E-state index in [0.717, 1.165) is 0 Å². The third-order valence-electron chi connectivity index (χ3n) is 11.4. The monoisotopic (exact) mass is 681 g/mol. The lowest BCUT2D eigenvalue weighted by molar-refractivity contribution is 0.766. The molecule has 6 aromatic carbocycles. The van der Waals surface area contributed by atoms with Gasteiger partial charge in [-0.05, 0) is 104 Å². The summed E-state index contributed by atoms with van der Waals surface area (Å²) < 4.78 is 2.47. The number of hydrogen-bond donors (Lipinski definition) is 0. The van der Waals surface area contributed by atoms with Crippen molar-refractivity contribution >= 4 is 39.4 Å². The summed E-state index contributed by atoms with van der Waals surface area (Å²) in [4.78, 5) is 0. The van der Waals surface area contributed by atoms with Gasteiger partial charge in [-0.1, -0.05) is 172 Å². The van der Waals surface area contributed by atoms with Crippen LogP contribution in [-0.4, -0.2) is 4.57 Å². The zero-order valence-corrected chi connectivity index (χ0v) is 30.9. The molecule has 0 saturated heterocycles. The van der Waals surface area contributed by atoms with Gasteiger partial charge in [0.05, 0.1) is 22.3 Å². The fraction of sp³-hybridized carbons (Fsp3) is 0.115. The number of allylic oxidation sites excluding steroid dienone is 7. The summed E-state index contributed by atoms with van der Waals surface area (Å²) in [5.74, 6) is 0.441. The van der Waals surface area contributed by atoms with Crippen LogP contribution in [0, 0.1) is 0 Å². The minimum absolute atomic E-state index is 0.441. The molecule has 1 aromatic heterocycles. The average molecular weight is 682 g/mol. The Balaban J connectivity index is 1.38. The van der Waals surface area contributed by atoms with Gasteiger partial charge in [-0.25, -0.2) is 0 Å². The molecule has 1 unspecified atom stereocenters. The molecule has 1 aliphatic heterocycles. The summed E-state index contributed by atoms with van der Waals surface area (Å²) in [5, 5.41) is 3.75. The van der Waals surface area contributed by atoms with E-state index in [1.807, 2.05) is 6.08 Å². The van der Waals surface area contributed by atoms with Crippen molar-refractivity contribution in [3.63, 3.8) is 0 Å². The lowest BCUT2D eigenvalue weighted by atomic mass is 9.68. The molecule has 0 radical (unpaired) electrons. The summed E-state index contributed by atoms with van der Waals surface area (Å²) in [7, 11) is 0. The van der Waals surface area contributed by atoms with Gasteiger partial charge in [-0.2, -0.15) is 0 Å². The highest BCUT2D eigenvalue weighted by atomic mass is 15.0. The van der Waals surface area contributed by atoms with Crippen LogP contribution in [0.4, 0.5) is 0 Å². The average Bonchev–Trinajstić information content (AvgIpc) is 3.69. The van der Waals surface area contributed by atoms with Crippen molar-refractivity contribution in [1.82, 2.24) is 4.57 Å². The number of hydrogen-bond acceptors (Lipinski definition) is 0. The van der Waals surface area contributed by atoms with Crippen LogP contribution in [0.15, 0.2) is 164 Å². The van der Waals surface area contributed by atoms with Gasteiger partial charge in [0.15, 0.2) is 0 Å². The third-order valence-corrected chi connectivity index (χ3v) is 11.4. The Morgan fingerprint density at radius 1 is 0.642 bits per heavy atom. The molecule has 1 aliphatic carbocycles. The Morgan fingerprint density at radius 2 is 1.42 bits per heavy atom. The zero-order valence-electron chi connectivity index (χ0n) is 30.9. The zero-order chi connectivity index (χ0) is 36.3. The van der Waals surface area contributed by atoms with Crippen LogP contribution in [0.1, 0.15) is 72.7 Å². The first kappa shape index (κ1) is 32.7. The molecule has 0 N–H and O–H groups in total. The first-order valence-electron chi connectivity index (χ1n) is 18.8. The SMILES string of the molecule is C=Cc1c(/C=C\C)n2c3c(cccc13)C1(C=C(/C=C\C=C/C)c3ccc(-c4ccc5ccccc5c4-c4cccc(C(C)C)c4)cc31)c1ccccc1-2. The molecule has 1 spiro atoms. The molecule has 1 nitrogen and oxygen atoms in total. The summed E-state index contributed by atoms with van der Waals surface area (Å²) in [6, 6.07) is 45.6. The van der Waals surface area contributed by atoms with Crippen molar-refractivity contribution in [3.8, 4) is 27.9 Å². The van der Waals surface area contributed by atoms with E-state index in [0.29, 0.717) is 5.92 Å². The normalized spacial score (nSPS) is 16.1. The van der Waals surface area contributed by atoms with Crippen molar-refractivity contribution in [2.24, 2.45) is 0 Å². The van der Waals surface area contributed by atoms with Gasteiger partial charge in [0, 0.05) is 10.9 Å². The van der Waals surface area contributed by atoms with E-state index in [1.165, 1.54) is 94.3 Å². The molecule has 2 aliphatic rings. The summed E-state index contributed by atoms with van der Waals surface area (Å²) >= 11 is 0.